The maximum Gasteiger partial charge on any atom is 0.270 e. The molecule has 2 aromatic rings. The fraction of sp³-hybridized carbons (Fsp3) is 0.333. The van der Waals surface area contributed by atoms with E-state index in [2.05, 4.69) is 5.32 Å². The molecular formula is C21H23ClN2O3. The summed E-state index contributed by atoms with van der Waals surface area (Å²) in [7, 11) is 0. The second-order valence-corrected chi connectivity index (χ2v) is 7.66. The van der Waals surface area contributed by atoms with Crippen molar-refractivity contribution < 1.29 is 14.3 Å². The minimum atomic E-state index is -0.996. The van der Waals surface area contributed by atoms with Crippen LogP contribution in [0.4, 0.5) is 11.4 Å². The van der Waals surface area contributed by atoms with Crippen LogP contribution in [-0.2, 0) is 9.59 Å². The number of anilines is 2. The molecule has 0 fully saturated rings. The third-order valence-electron chi connectivity index (χ3n) is 4.78. The first-order chi connectivity index (χ1) is 12.7. The van der Waals surface area contributed by atoms with Crippen molar-refractivity contribution in [1.29, 1.82) is 0 Å². The Morgan fingerprint density at radius 1 is 1.22 bits per heavy atom. The highest BCUT2D eigenvalue weighted by Gasteiger charge is 2.40. The van der Waals surface area contributed by atoms with Gasteiger partial charge in [-0.25, -0.2) is 0 Å². The van der Waals surface area contributed by atoms with Gasteiger partial charge in [0.1, 0.15) is 5.75 Å². The summed E-state index contributed by atoms with van der Waals surface area (Å²) in [4.78, 5) is 26.9. The topological polar surface area (TPSA) is 58.6 Å². The molecule has 1 N–H and O–H groups in total. The second kappa shape index (κ2) is 7.24. The third-order valence-corrected chi connectivity index (χ3v) is 5.01. The number of halogens is 1. The van der Waals surface area contributed by atoms with Gasteiger partial charge in [0.25, 0.3) is 5.91 Å². The van der Waals surface area contributed by atoms with Gasteiger partial charge in [-0.2, -0.15) is 0 Å². The number of nitrogens with one attached hydrogen (secondary N) is 1. The molecule has 1 aliphatic rings. The lowest BCUT2D eigenvalue weighted by molar-refractivity contribution is -0.132. The van der Waals surface area contributed by atoms with Crippen LogP contribution in [-0.4, -0.2) is 24.0 Å². The van der Waals surface area contributed by atoms with E-state index < -0.39 is 5.60 Å². The Balaban J connectivity index is 1.76. The van der Waals surface area contributed by atoms with Crippen molar-refractivity contribution in [2.75, 3.05) is 16.8 Å². The summed E-state index contributed by atoms with van der Waals surface area (Å²) in [6.07, 6.45) is 0.168. The number of amides is 2. The van der Waals surface area contributed by atoms with E-state index in [1.54, 1.807) is 36.9 Å². The van der Waals surface area contributed by atoms with Crippen LogP contribution < -0.4 is 15.0 Å². The maximum atomic E-state index is 12.8. The molecule has 0 radical (unpaired) electrons. The Morgan fingerprint density at radius 2 is 1.96 bits per heavy atom. The van der Waals surface area contributed by atoms with Crippen molar-refractivity contribution >= 4 is 34.8 Å². The van der Waals surface area contributed by atoms with Crippen molar-refractivity contribution in [2.24, 2.45) is 0 Å². The molecule has 0 aromatic heterocycles. The van der Waals surface area contributed by atoms with Crippen LogP contribution in [0.5, 0.6) is 5.75 Å². The summed E-state index contributed by atoms with van der Waals surface area (Å²) in [6.45, 7) is 7.65. The van der Waals surface area contributed by atoms with Crippen molar-refractivity contribution in [3.8, 4) is 5.75 Å². The van der Waals surface area contributed by atoms with E-state index in [0.29, 0.717) is 16.5 Å². The van der Waals surface area contributed by atoms with E-state index in [-0.39, 0.29) is 24.8 Å². The first-order valence-electron chi connectivity index (χ1n) is 8.85. The summed E-state index contributed by atoms with van der Waals surface area (Å²) in [5.41, 5.74) is 2.53. The predicted molar refractivity (Wildman–Crippen MR) is 108 cm³/mol. The van der Waals surface area contributed by atoms with Crippen LogP contribution in [0.15, 0.2) is 36.4 Å². The molecule has 0 spiro atoms. The molecule has 0 bridgehead atoms. The number of hydrogen-bond donors (Lipinski definition) is 1. The average Bonchev–Trinajstić information content (AvgIpc) is 2.60. The lowest BCUT2D eigenvalue weighted by Crippen LogP contribution is -2.53. The second-order valence-electron chi connectivity index (χ2n) is 7.23. The molecule has 1 heterocycles. The molecule has 0 aliphatic carbocycles. The van der Waals surface area contributed by atoms with E-state index in [1.165, 1.54) is 0 Å². The monoisotopic (exact) mass is 386 g/mol. The van der Waals surface area contributed by atoms with Crippen LogP contribution >= 0.6 is 11.6 Å². The van der Waals surface area contributed by atoms with E-state index in [0.717, 1.165) is 16.8 Å². The molecule has 2 aromatic carbocycles. The fourth-order valence-corrected chi connectivity index (χ4v) is 3.24. The van der Waals surface area contributed by atoms with E-state index in [9.17, 15) is 9.59 Å². The SMILES string of the molecule is Cc1cccc(NC(=O)CCN2C(=O)C(C)(C)Oc3ccc(Cl)cc32)c1C. The summed E-state index contributed by atoms with van der Waals surface area (Å²) >= 11 is 6.09. The van der Waals surface area contributed by atoms with Crippen LogP contribution in [0.1, 0.15) is 31.4 Å². The van der Waals surface area contributed by atoms with E-state index >= 15 is 0 Å². The van der Waals surface area contributed by atoms with E-state index in [4.69, 9.17) is 16.3 Å². The third kappa shape index (κ3) is 3.93. The Kier molecular flexibility index (Phi) is 5.16. The normalized spacial score (nSPS) is 15.1. The molecule has 142 valence electrons. The molecule has 0 saturated carbocycles. The highest BCUT2D eigenvalue weighted by Crippen LogP contribution is 2.39. The molecule has 6 heteroatoms. The predicted octanol–water partition coefficient (Wildman–Crippen LogP) is 4.49. The fourth-order valence-electron chi connectivity index (χ4n) is 3.08. The summed E-state index contributed by atoms with van der Waals surface area (Å²) in [5, 5.41) is 3.44. The van der Waals surface area contributed by atoms with Crippen LogP contribution in [0.2, 0.25) is 5.02 Å². The number of benzene rings is 2. The van der Waals surface area contributed by atoms with Crippen molar-refractivity contribution in [2.45, 2.75) is 39.7 Å². The minimum absolute atomic E-state index is 0.149. The molecular weight excluding hydrogens is 364 g/mol. The highest BCUT2D eigenvalue weighted by atomic mass is 35.5. The van der Waals surface area contributed by atoms with Gasteiger partial charge < -0.3 is 15.0 Å². The van der Waals surface area contributed by atoms with Gasteiger partial charge >= 0.3 is 0 Å². The number of carbonyl (C=O) groups is 2. The van der Waals surface area contributed by atoms with Crippen molar-refractivity contribution in [3.63, 3.8) is 0 Å². The summed E-state index contributed by atoms with van der Waals surface area (Å²) in [5.74, 6) is 0.236. The number of ether oxygens (including phenoxy) is 1. The van der Waals surface area contributed by atoms with Crippen molar-refractivity contribution in [1.82, 2.24) is 0 Å². The Morgan fingerprint density at radius 3 is 2.70 bits per heavy atom. The van der Waals surface area contributed by atoms with Crippen LogP contribution in [0, 0.1) is 13.8 Å². The molecule has 3 rings (SSSR count). The van der Waals surface area contributed by atoms with Gasteiger partial charge in [-0.3, -0.25) is 9.59 Å². The van der Waals surface area contributed by atoms with Gasteiger partial charge in [0, 0.05) is 23.7 Å². The lowest BCUT2D eigenvalue weighted by atomic mass is 10.0. The van der Waals surface area contributed by atoms with Gasteiger partial charge in [-0.1, -0.05) is 23.7 Å². The van der Waals surface area contributed by atoms with Gasteiger partial charge in [-0.15, -0.1) is 0 Å². The van der Waals surface area contributed by atoms with Gasteiger partial charge in [0.15, 0.2) is 5.60 Å². The molecule has 1 aliphatic heterocycles. The molecule has 5 nitrogen and oxygen atoms in total. The minimum Gasteiger partial charge on any atom is -0.476 e. The molecule has 0 saturated heterocycles. The zero-order chi connectivity index (χ0) is 19.8. The highest BCUT2D eigenvalue weighted by molar-refractivity contribution is 6.31. The van der Waals surface area contributed by atoms with Crippen LogP contribution in [0.25, 0.3) is 0 Å². The molecule has 0 unspecified atom stereocenters. The van der Waals surface area contributed by atoms with Crippen molar-refractivity contribution in [3.05, 3.63) is 52.5 Å². The number of rotatable bonds is 4. The molecule has 27 heavy (non-hydrogen) atoms. The first-order valence-corrected chi connectivity index (χ1v) is 9.23. The number of aryl methyl sites for hydroxylation is 1. The lowest BCUT2D eigenvalue weighted by Gasteiger charge is -2.38. The smallest absolute Gasteiger partial charge is 0.270 e. The quantitative estimate of drug-likeness (QED) is 0.842. The largest absolute Gasteiger partial charge is 0.476 e. The van der Waals surface area contributed by atoms with E-state index in [1.807, 2.05) is 32.0 Å². The Labute approximate surface area is 164 Å². The zero-order valence-electron chi connectivity index (χ0n) is 15.9. The number of hydrogen-bond acceptors (Lipinski definition) is 3. The Hall–Kier alpha value is -2.53. The van der Waals surface area contributed by atoms with Gasteiger partial charge in [0.05, 0.1) is 5.69 Å². The molecule has 2 amide bonds. The molecule has 0 atom stereocenters. The average molecular weight is 387 g/mol. The number of fused-ring (bicyclic) bond motifs is 1. The first kappa shape index (κ1) is 19.2. The van der Waals surface area contributed by atoms with Gasteiger partial charge in [0.2, 0.25) is 5.91 Å². The van der Waals surface area contributed by atoms with Crippen LogP contribution in [0.3, 0.4) is 0 Å². The maximum absolute atomic E-state index is 12.8. The zero-order valence-corrected chi connectivity index (χ0v) is 16.7. The van der Waals surface area contributed by atoms with Gasteiger partial charge in [-0.05, 0) is 63.1 Å². The number of nitrogens with zero attached hydrogens (tertiary/aromatic N) is 1. The summed E-state index contributed by atoms with van der Waals surface area (Å²) < 4.78 is 5.80. The summed E-state index contributed by atoms with van der Waals surface area (Å²) in [6, 6.07) is 10.9. The Bertz CT molecular complexity index is 908. The number of carbonyl (C=O) groups excluding carboxylic acids is 2. The standard InChI is InChI=1S/C21H23ClN2O3/c1-13-6-5-7-16(14(13)2)23-19(25)10-11-24-17-12-15(22)8-9-18(17)27-21(3,4)20(24)26/h5-9,12H,10-11H2,1-4H3,(H,23,25).